The second kappa shape index (κ2) is 12.4. The van der Waals surface area contributed by atoms with E-state index < -0.39 is 23.5 Å². The molecule has 10 heteroatoms. The molecule has 1 aliphatic rings. The van der Waals surface area contributed by atoms with Crippen molar-refractivity contribution < 1.29 is 31.1 Å². The first kappa shape index (κ1) is 29.8. The maximum Gasteiger partial charge on any atom is 0.416 e. The van der Waals surface area contributed by atoms with E-state index in [1.54, 1.807) is 0 Å². The fourth-order valence-electron chi connectivity index (χ4n) is 5.10. The van der Waals surface area contributed by atoms with Crippen LogP contribution in [-0.2, 0) is 17.1 Å². The Kier molecular flexibility index (Phi) is 9.73. The van der Waals surface area contributed by atoms with Gasteiger partial charge in [0.05, 0.1) is 11.1 Å². The lowest BCUT2D eigenvalue weighted by molar-refractivity contribution is -0.138. The lowest BCUT2D eigenvalue weighted by Crippen LogP contribution is -2.41. The summed E-state index contributed by atoms with van der Waals surface area (Å²) in [5.41, 5.74) is 6.97. The van der Waals surface area contributed by atoms with Crippen LogP contribution in [0, 0.1) is 17.4 Å². The number of benzene rings is 2. The van der Waals surface area contributed by atoms with E-state index in [0.717, 1.165) is 42.7 Å². The highest BCUT2D eigenvalue weighted by Gasteiger charge is 2.36. The standard InChI is InChI=1S/C28H33F6N3O/c1-18(2)3-4-22(19-5-9-23(10-6-19)27(29,30)31)17-37-14-13-21(26(38)16-36-35)15-25(37)20-7-11-24(12-8-20)28(32,33)34/h5-12,18,21-22,25,35H,3-4,13-17H2,1-2H3/t21?,22-,25+/m1/s1. The fourth-order valence-corrected chi connectivity index (χ4v) is 5.10. The number of carbonyl (C=O) groups is 1. The van der Waals surface area contributed by atoms with E-state index in [0.29, 0.717) is 37.4 Å². The van der Waals surface area contributed by atoms with E-state index in [-0.39, 0.29) is 30.2 Å². The predicted molar refractivity (Wildman–Crippen MR) is 132 cm³/mol. The summed E-state index contributed by atoms with van der Waals surface area (Å²) < 4.78 is 78.8. The van der Waals surface area contributed by atoms with Crippen LogP contribution in [0.3, 0.4) is 0 Å². The number of hydrogen-bond donors (Lipinski definition) is 1. The van der Waals surface area contributed by atoms with Crippen molar-refractivity contribution in [1.82, 2.24) is 4.90 Å². The van der Waals surface area contributed by atoms with Gasteiger partial charge in [-0.15, -0.1) is 0 Å². The number of carbonyl (C=O) groups excluding carboxylic acids is 1. The van der Waals surface area contributed by atoms with Crippen molar-refractivity contribution in [2.75, 3.05) is 19.6 Å². The topological polar surface area (TPSA) is 56.5 Å². The van der Waals surface area contributed by atoms with E-state index in [4.69, 9.17) is 5.53 Å². The number of piperidine rings is 1. The first-order valence-electron chi connectivity index (χ1n) is 12.7. The van der Waals surface area contributed by atoms with E-state index in [1.165, 1.54) is 24.3 Å². The minimum atomic E-state index is -4.47. The smallest absolute Gasteiger partial charge is 0.297 e. The molecule has 208 valence electrons. The van der Waals surface area contributed by atoms with Crippen LogP contribution < -0.4 is 0 Å². The molecule has 4 nitrogen and oxygen atoms in total. The maximum absolute atomic E-state index is 13.1. The van der Waals surface area contributed by atoms with E-state index >= 15 is 0 Å². The van der Waals surface area contributed by atoms with Gasteiger partial charge in [0.1, 0.15) is 6.54 Å². The van der Waals surface area contributed by atoms with Gasteiger partial charge in [-0.25, -0.2) is 5.53 Å². The van der Waals surface area contributed by atoms with Gasteiger partial charge in [0.15, 0.2) is 5.78 Å². The number of rotatable bonds is 10. The van der Waals surface area contributed by atoms with Crippen LogP contribution in [0.4, 0.5) is 26.3 Å². The summed E-state index contributed by atoms with van der Waals surface area (Å²) in [7, 11) is 0. The number of halogens is 6. The highest BCUT2D eigenvalue weighted by Crippen LogP contribution is 2.39. The molecular weight excluding hydrogens is 508 g/mol. The Morgan fingerprint density at radius 1 is 0.947 bits per heavy atom. The Bertz CT molecular complexity index is 1060. The van der Waals surface area contributed by atoms with Crippen LogP contribution in [0.2, 0.25) is 0 Å². The number of alkyl halides is 6. The fraction of sp³-hybridized carbons (Fsp3) is 0.536. The molecule has 1 aliphatic heterocycles. The molecule has 1 unspecified atom stereocenters. The van der Waals surface area contributed by atoms with Crippen molar-refractivity contribution in [3.8, 4) is 0 Å². The van der Waals surface area contributed by atoms with E-state index in [9.17, 15) is 31.1 Å². The second-order valence-electron chi connectivity index (χ2n) is 10.4. The Morgan fingerprint density at radius 3 is 2.00 bits per heavy atom. The summed E-state index contributed by atoms with van der Waals surface area (Å²) in [5, 5.41) is 3.20. The molecule has 1 saturated heterocycles. The molecule has 0 bridgehead atoms. The number of nitrogens with zero attached hydrogens (tertiary/aromatic N) is 2. The van der Waals surface area contributed by atoms with Gasteiger partial charge in [0, 0.05) is 18.5 Å². The zero-order valence-electron chi connectivity index (χ0n) is 21.4. The molecule has 0 radical (unpaired) electrons. The summed E-state index contributed by atoms with van der Waals surface area (Å²) in [5.74, 6) is -0.245. The average molecular weight is 542 g/mol. The molecule has 0 aromatic heterocycles. The van der Waals surface area contributed by atoms with Gasteiger partial charge in [-0.2, -0.15) is 31.5 Å². The summed E-state index contributed by atoms with van der Waals surface area (Å²) in [6.07, 6.45) is -6.40. The molecular formula is C28H33F6N3O. The van der Waals surface area contributed by atoms with Gasteiger partial charge < -0.3 is 0 Å². The number of nitrogens with one attached hydrogen (secondary N) is 1. The molecule has 1 heterocycles. The number of ketones is 1. The lowest BCUT2D eigenvalue weighted by atomic mass is 9.82. The van der Waals surface area contributed by atoms with Crippen molar-refractivity contribution in [2.45, 2.75) is 63.8 Å². The molecule has 0 saturated carbocycles. The quantitative estimate of drug-likeness (QED) is 0.243. The third kappa shape index (κ3) is 7.88. The van der Waals surface area contributed by atoms with Crippen molar-refractivity contribution in [2.24, 2.45) is 17.0 Å². The predicted octanol–water partition coefficient (Wildman–Crippen LogP) is 8.30. The highest BCUT2D eigenvalue weighted by atomic mass is 19.4. The first-order valence-corrected chi connectivity index (χ1v) is 12.7. The third-order valence-electron chi connectivity index (χ3n) is 7.28. The second-order valence-corrected chi connectivity index (χ2v) is 10.4. The van der Waals surface area contributed by atoms with Crippen LogP contribution in [0.1, 0.15) is 73.7 Å². The molecule has 3 rings (SSSR count). The normalized spacial score (nSPS) is 19.9. The Morgan fingerprint density at radius 2 is 1.50 bits per heavy atom. The van der Waals surface area contributed by atoms with Gasteiger partial charge in [-0.3, -0.25) is 9.69 Å². The Balaban J connectivity index is 1.91. The Hall–Kier alpha value is -2.75. The molecule has 2 aromatic rings. The van der Waals surface area contributed by atoms with Crippen LogP contribution in [-0.4, -0.2) is 30.3 Å². The largest absolute Gasteiger partial charge is 0.416 e. The van der Waals surface area contributed by atoms with Crippen LogP contribution in [0.15, 0.2) is 53.6 Å². The van der Waals surface area contributed by atoms with Crippen LogP contribution in [0.5, 0.6) is 0 Å². The zero-order chi connectivity index (χ0) is 28.1. The molecule has 2 aromatic carbocycles. The van der Waals surface area contributed by atoms with Gasteiger partial charge in [0.2, 0.25) is 0 Å². The lowest BCUT2D eigenvalue weighted by Gasteiger charge is -2.41. The van der Waals surface area contributed by atoms with E-state index in [1.807, 2.05) is 0 Å². The highest BCUT2D eigenvalue weighted by molar-refractivity contribution is 5.83. The average Bonchev–Trinajstić information content (AvgIpc) is 2.85. The SMILES string of the molecule is CC(C)CC[C@H](CN1CCC(C(=O)CN=N)C[C@H]1c1ccc(C(F)(F)F)cc1)c1ccc(C(F)(F)F)cc1. The van der Waals surface area contributed by atoms with Gasteiger partial charge >= 0.3 is 12.4 Å². The monoisotopic (exact) mass is 541 g/mol. The molecule has 0 spiro atoms. The molecule has 1 N–H and O–H groups in total. The van der Waals surface area contributed by atoms with Gasteiger partial charge in [-0.1, -0.05) is 44.5 Å². The van der Waals surface area contributed by atoms with E-state index in [2.05, 4.69) is 23.9 Å². The molecule has 1 fully saturated rings. The van der Waals surface area contributed by atoms with Gasteiger partial charge in [-0.05, 0) is 73.0 Å². The van der Waals surface area contributed by atoms with Crippen molar-refractivity contribution in [3.05, 3.63) is 70.8 Å². The number of likely N-dealkylation sites (tertiary alicyclic amines) is 1. The third-order valence-corrected chi connectivity index (χ3v) is 7.28. The first-order chi connectivity index (χ1) is 17.8. The summed E-state index contributed by atoms with van der Waals surface area (Å²) >= 11 is 0. The number of Topliss-reactive ketones (excluding diaryl/α,β-unsaturated/α-hetero) is 1. The number of hydrogen-bond acceptors (Lipinski definition) is 4. The maximum atomic E-state index is 13.1. The Labute approximate surface area is 218 Å². The van der Waals surface area contributed by atoms with Crippen molar-refractivity contribution >= 4 is 5.78 Å². The minimum Gasteiger partial charge on any atom is -0.297 e. The molecule has 3 atom stereocenters. The van der Waals surface area contributed by atoms with Crippen molar-refractivity contribution in [1.29, 1.82) is 5.53 Å². The van der Waals surface area contributed by atoms with Crippen LogP contribution >= 0.6 is 0 Å². The molecule has 0 amide bonds. The van der Waals surface area contributed by atoms with Gasteiger partial charge in [0.25, 0.3) is 0 Å². The summed E-state index contributed by atoms with van der Waals surface area (Å²) in [6.45, 7) is 4.91. The minimum absolute atomic E-state index is 0.0906. The summed E-state index contributed by atoms with van der Waals surface area (Å²) in [6, 6.07) is 9.77. The van der Waals surface area contributed by atoms with Crippen LogP contribution in [0.25, 0.3) is 0 Å². The zero-order valence-corrected chi connectivity index (χ0v) is 21.4. The summed E-state index contributed by atoms with van der Waals surface area (Å²) in [4.78, 5) is 14.7. The van der Waals surface area contributed by atoms with Crippen molar-refractivity contribution in [3.63, 3.8) is 0 Å². The molecule has 0 aliphatic carbocycles. The molecule has 38 heavy (non-hydrogen) atoms.